The Bertz CT molecular complexity index is 415. The van der Waals surface area contributed by atoms with Gasteiger partial charge in [-0.2, -0.15) is 0 Å². The predicted octanol–water partition coefficient (Wildman–Crippen LogP) is 6.18. The van der Waals surface area contributed by atoms with Crippen LogP contribution in [0.25, 0.3) is 0 Å². The second kappa shape index (κ2) is 17.1. The van der Waals surface area contributed by atoms with E-state index in [2.05, 4.69) is 11.8 Å². The first-order chi connectivity index (χ1) is 13.2. The summed E-state index contributed by atoms with van der Waals surface area (Å²) in [6, 6.07) is 0. The SMILES string of the molecule is CCOC(=O)CCCCCCCCCCCCC#CC(O)C1CCCCC1. The Morgan fingerprint density at radius 1 is 0.926 bits per heavy atom. The minimum atomic E-state index is -0.386. The average molecular weight is 379 g/mol. The van der Waals surface area contributed by atoms with Crippen LogP contribution in [0.3, 0.4) is 0 Å². The van der Waals surface area contributed by atoms with Crippen molar-refractivity contribution in [1.82, 2.24) is 0 Å². The van der Waals surface area contributed by atoms with Gasteiger partial charge in [-0.1, -0.05) is 76.5 Å². The second-order valence-electron chi connectivity index (χ2n) is 8.00. The molecule has 27 heavy (non-hydrogen) atoms. The molecule has 0 bridgehead atoms. The molecule has 1 atom stereocenters. The van der Waals surface area contributed by atoms with Crippen LogP contribution < -0.4 is 0 Å². The van der Waals surface area contributed by atoms with Crippen molar-refractivity contribution in [3.05, 3.63) is 0 Å². The van der Waals surface area contributed by atoms with Crippen LogP contribution in [0.5, 0.6) is 0 Å². The van der Waals surface area contributed by atoms with E-state index in [1.807, 2.05) is 6.92 Å². The van der Waals surface area contributed by atoms with Gasteiger partial charge in [0.2, 0.25) is 0 Å². The quantitative estimate of drug-likeness (QED) is 0.223. The Kier molecular flexibility index (Phi) is 15.2. The van der Waals surface area contributed by atoms with Crippen LogP contribution in [0, 0.1) is 17.8 Å². The lowest BCUT2D eigenvalue weighted by Gasteiger charge is -2.23. The average Bonchev–Trinajstić information content (AvgIpc) is 2.69. The smallest absolute Gasteiger partial charge is 0.305 e. The third-order valence-corrected chi connectivity index (χ3v) is 5.58. The molecule has 1 fully saturated rings. The van der Waals surface area contributed by atoms with Gasteiger partial charge in [-0.05, 0) is 38.5 Å². The van der Waals surface area contributed by atoms with Crippen molar-refractivity contribution in [3.8, 4) is 11.8 Å². The fourth-order valence-electron chi connectivity index (χ4n) is 3.87. The monoisotopic (exact) mass is 378 g/mol. The van der Waals surface area contributed by atoms with E-state index in [-0.39, 0.29) is 12.1 Å². The van der Waals surface area contributed by atoms with Crippen LogP contribution in [-0.2, 0) is 9.53 Å². The van der Waals surface area contributed by atoms with Gasteiger partial charge in [0, 0.05) is 12.8 Å². The zero-order valence-corrected chi connectivity index (χ0v) is 17.6. The van der Waals surface area contributed by atoms with Gasteiger partial charge in [-0.15, -0.1) is 5.92 Å². The fraction of sp³-hybridized carbons (Fsp3) is 0.875. The Morgan fingerprint density at radius 3 is 2.07 bits per heavy atom. The van der Waals surface area contributed by atoms with E-state index in [9.17, 15) is 9.90 Å². The molecule has 0 aromatic rings. The molecule has 0 amide bonds. The maximum atomic E-state index is 11.2. The highest BCUT2D eigenvalue weighted by Crippen LogP contribution is 2.26. The molecule has 0 radical (unpaired) electrons. The van der Waals surface area contributed by atoms with E-state index < -0.39 is 0 Å². The number of ether oxygens (including phenoxy) is 1. The summed E-state index contributed by atoms with van der Waals surface area (Å²) < 4.78 is 4.93. The van der Waals surface area contributed by atoms with Gasteiger partial charge < -0.3 is 9.84 Å². The Labute approximate surface area is 167 Å². The molecule has 1 rings (SSSR count). The van der Waals surface area contributed by atoms with Gasteiger partial charge in [0.05, 0.1) is 6.61 Å². The molecular weight excluding hydrogens is 336 g/mol. The van der Waals surface area contributed by atoms with Gasteiger partial charge in [0.25, 0.3) is 0 Å². The Morgan fingerprint density at radius 2 is 1.48 bits per heavy atom. The number of esters is 1. The molecule has 0 spiro atoms. The third kappa shape index (κ3) is 13.8. The first-order valence-electron chi connectivity index (χ1n) is 11.6. The summed E-state index contributed by atoms with van der Waals surface area (Å²) in [4.78, 5) is 11.2. The molecule has 1 N–H and O–H groups in total. The predicted molar refractivity (Wildman–Crippen MR) is 112 cm³/mol. The molecule has 1 aliphatic carbocycles. The first kappa shape index (κ1) is 24.0. The second-order valence-corrected chi connectivity index (χ2v) is 8.00. The zero-order valence-electron chi connectivity index (χ0n) is 17.6. The summed E-state index contributed by atoms with van der Waals surface area (Å²) in [5.41, 5.74) is 0. The number of carbonyl (C=O) groups is 1. The van der Waals surface area contributed by atoms with E-state index in [0.717, 1.165) is 38.5 Å². The van der Waals surface area contributed by atoms with E-state index in [1.165, 1.54) is 64.2 Å². The maximum absolute atomic E-state index is 11.2. The lowest BCUT2D eigenvalue weighted by atomic mass is 9.85. The summed E-state index contributed by atoms with van der Waals surface area (Å²) >= 11 is 0. The highest BCUT2D eigenvalue weighted by atomic mass is 16.5. The highest BCUT2D eigenvalue weighted by molar-refractivity contribution is 5.69. The molecule has 0 aliphatic heterocycles. The van der Waals surface area contributed by atoms with Crippen LogP contribution in [0.15, 0.2) is 0 Å². The number of carbonyl (C=O) groups excluding carboxylic acids is 1. The number of aliphatic hydroxyl groups excluding tert-OH is 1. The highest BCUT2D eigenvalue weighted by Gasteiger charge is 2.19. The molecule has 3 heteroatoms. The van der Waals surface area contributed by atoms with Gasteiger partial charge in [-0.25, -0.2) is 0 Å². The number of rotatable bonds is 14. The third-order valence-electron chi connectivity index (χ3n) is 5.58. The number of unbranched alkanes of at least 4 members (excludes halogenated alkanes) is 10. The van der Waals surface area contributed by atoms with Crippen molar-refractivity contribution in [3.63, 3.8) is 0 Å². The van der Waals surface area contributed by atoms with Gasteiger partial charge >= 0.3 is 5.97 Å². The van der Waals surface area contributed by atoms with Gasteiger partial charge in [0.15, 0.2) is 0 Å². The largest absolute Gasteiger partial charge is 0.466 e. The molecule has 1 aliphatic rings. The normalized spacial score (nSPS) is 15.8. The summed E-state index contributed by atoms with van der Waals surface area (Å²) in [6.45, 7) is 2.35. The summed E-state index contributed by atoms with van der Waals surface area (Å²) in [7, 11) is 0. The molecule has 1 saturated carbocycles. The number of hydrogen-bond donors (Lipinski definition) is 1. The standard InChI is InChI=1S/C24H42O3/c1-2-27-24(26)21-17-12-10-8-6-4-3-5-7-9-11-16-20-23(25)22-18-14-13-15-19-22/h22-23,25H,2-15,17-19,21H2,1H3. The molecule has 1 unspecified atom stereocenters. The van der Waals surface area contributed by atoms with Crippen molar-refractivity contribution in [1.29, 1.82) is 0 Å². The molecule has 156 valence electrons. The molecule has 0 heterocycles. The van der Waals surface area contributed by atoms with Crippen LogP contribution in [0.4, 0.5) is 0 Å². The minimum Gasteiger partial charge on any atom is -0.466 e. The molecule has 3 nitrogen and oxygen atoms in total. The van der Waals surface area contributed by atoms with Gasteiger partial charge in [-0.3, -0.25) is 4.79 Å². The van der Waals surface area contributed by atoms with Crippen molar-refractivity contribution >= 4 is 5.97 Å². The van der Waals surface area contributed by atoms with E-state index in [0.29, 0.717) is 18.9 Å². The maximum Gasteiger partial charge on any atom is 0.305 e. The molecular formula is C24H42O3. The first-order valence-corrected chi connectivity index (χ1v) is 11.6. The zero-order chi connectivity index (χ0) is 19.6. The Balaban J connectivity index is 1.81. The van der Waals surface area contributed by atoms with Crippen LogP contribution in [0.2, 0.25) is 0 Å². The fourth-order valence-corrected chi connectivity index (χ4v) is 3.87. The van der Waals surface area contributed by atoms with Crippen molar-refractivity contribution in [2.24, 2.45) is 5.92 Å². The minimum absolute atomic E-state index is 0.0503. The molecule has 0 aromatic carbocycles. The van der Waals surface area contributed by atoms with Crippen molar-refractivity contribution < 1.29 is 14.6 Å². The number of aliphatic hydroxyl groups is 1. The van der Waals surface area contributed by atoms with Crippen LogP contribution >= 0.6 is 0 Å². The van der Waals surface area contributed by atoms with E-state index in [4.69, 9.17) is 4.74 Å². The summed E-state index contributed by atoms with van der Waals surface area (Å²) in [5, 5.41) is 10.1. The van der Waals surface area contributed by atoms with Crippen LogP contribution in [0.1, 0.15) is 116 Å². The lowest BCUT2D eigenvalue weighted by Crippen LogP contribution is -2.21. The Hall–Kier alpha value is -1.01. The molecule has 0 saturated heterocycles. The molecule has 0 aromatic heterocycles. The lowest BCUT2D eigenvalue weighted by molar-refractivity contribution is -0.143. The van der Waals surface area contributed by atoms with Crippen molar-refractivity contribution in [2.75, 3.05) is 6.61 Å². The van der Waals surface area contributed by atoms with Crippen molar-refractivity contribution in [2.45, 2.75) is 122 Å². The van der Waals surface area contributed by atoms with Gasteiger partial charge in [0.1, 0.15) is 6.10 Å². The summed E-state index contributed by atoms with van der Waals surface area (Å²) in [5.74, 6) is 6.65. The summed E-state index contributed by atoms with van der Waals surface area (Å²) in [6.07, 6.45) is 19.6. The topological polar surface area (TPSA) is 46.5 Å². The van der Waals surface area contributed by atoms with E-state index in [1.54, 1.807) is 0 Å². The number of hydrogen-bond acceptors (Lipinski definition) is 3. The van der Waals surface area contributed by atoms with Crippen LogP contribution in [-0.4, -0.2) is 23.8 Å². The van der Waals surface area contributed by atoms with E-state index >= 15 is 0 Å².